The molecule has 6 heteroatoms. The first-order valence-corrected chi connectivity index (χ1v) is 3.19. The molecule has 0 unspecified atom stereocenters. The van der Waals surface area contributed by atoms with Gasteiger partial charge in [-0.1, -0.05) is 23.3 Å². The molecule has 13 heavy (non-hydrogen) atoms. The van der Waals surface area contributed by atoms with E-state index < -0.39 is 5.91 Å². The summed E-state index contributed by atoms with van der Waals surface area (Å²) in [7, 11) is 0. The van der Waals surface area contributed by atoms with Gasteiger partial charge in [0, 0.05) is 10.5 Å². The van der Waals surface area contributed by atoms with Crippen molar-refractivity contribution in [2.45, 2.75) is 0 Å². The van der Waals surface area contributed by atoms with Crippen LogP contribution in [0.1, 0.15) is 10.4 Å². The van der Waals surface area contributed by atoms with Gasteiger partial charge in [0.2, 0.25) is 5.91 Å². The Morgan fingerprint density at radius 1 is 1.46 bits per heavy atom. The van der Waals surface area contributed by atoms with E-state index in [0.29, 0.717) is 0 Å². The van der Waals surface area contributed by atoms with E-state index in [-0.39, 0.29) is 23.7 Å². The molecule has 1 amide bonds. The monoisotopic (exact) mass is 198 g/mol. The molecular formula is C7H7ClN4O. The van der Waals surface area contributed by atoms with Crippen molar-refractivity contribution in [1.29, 1.82) is 0 Å². The van der Waals surface area contributed by atoms with E-state index in [1.807, 2.05) is 0 Å². The number of nitrogens with zero attached hydrogens (tertiary/aromatic N) is 3. The van der Waals surface area contributed by atoms with Crippen LogP contribution in [0.25, 0.3) is 10.4 Å². The van der Waals surface area contributed by atoms with E-state index in [9.17, 15) is 4.79 Å². The summed E-state index contributed by atoms with van der Waals surface area (Å²) in [6.07, 6.45) is 0. The quantitative estimate of drug-likeness (QED) is 0.440. The summed E-state index contributed by atoms with van der Waals surface area (Å²) in [5.74, 6) is -0.599. The third kappa shape index (κ3) is 2.66. The van der Waals surface area contributed by atoms with Crippen LogP contribution in [0.15, 0.2) is 29.4 Å². The van der Waals surface area contributed by atoms with Crippen molar-refractivity contribution in [1.82, 2.24) is 0 Å². The van der Waals surface area contributed by atoms with Gasteiger partial charge in [0.15, 0.2) is 0 Å². The summed E-state index contributed by atoms with van der Waals surface area (Å²) < 4.78 is 0. The fraction of sp³-hybridized carbons (Fsp3) is 0. The SMILES string of the molecule is Cl.[N-]=[N+]=Nc1ccccc1C(N)=O. The maximum atomic E-state index is 10.7. The van der Waals surface area contributed by atoms with Crippen LogP contribution in [0.5, 0.6) is 0 Å². The number of hydrogen-bond donors (Lipinski definition) is 1. The molecule has 2 N–H and O–H groups in total. The first-order valence-electron chi connectivity index (χ1n) is 3.19. The molecule has 0 aliphatic rings. The fourth-order valence-electron chi connectivity index (χ4n) is 0.817. The van der Waals surface area contributed by atoms with Gasteiger partial charge >= 0.3 is 0 Å². The Balaban J connectivity index is 0.00000144. The Morgan fingerprint density at radius 2 is 2.08 bits per heavy atom. The van der Waals surface area contributed by atoms with Crippen LogP contribution < -0.4 is 5.73 Å². The number of carbonyl (C=O) groups is 1. The van der Waals surface area contributed by atoms with Gasteiger partial charge in [-0.15, -0.1) is 12.4 Å². The zero-order chi connectivity index (χ0) is 8.97. The lowest BCUT2D eigenvalue weighted by molar-refractivity contribution is 0.100. The molecule has 0 heterocycles. The van der Waals surface area contributed by atoms with Gasteiger partial charge < -0.3 is 5.73 Å². The van der Waals surface area contributed by atoms with Gasteiger partial charge in [-0.3, -0.25) is 4.79 Å². The summed E-state index contributed by atoms with van der Waals surface area (Å²) in [5.41, 5.74) is 13.6. The molecule has 5 nitrogen and oxygen atoms in total. The Morgan fingerprint density at radius 3 is 2.62 bits per heavy atom. The predicted octanol–water partition coefficient (Wildman–Crippen LogP) is 2.15. The minimum absolute atomic E-state index is 0. The second-order valence-corrected chi connectivity index (χ2v) is 2.07. The smallest absolute Gasteiger partial charge is 0.249 e. The van der Waals surface area contributed by atoms with Crippen LogP contribution in [0.4, 0.5) is 5.69 Å². The average Bonchev–Trinajstić information content (AvgIpc) is 2.05. The number of rotatable bonds is 2. The van der Waals surface area contributed by atoms with E-state index in [0.717, 1.165) is 0 Å². The van der Waals surface area contributed by atoms with Gasteiger partial charge in [0.1, 0.15) is 0 Å². The highest BCUT2D eigenvalue weighted by molar-refractivity contribution is 5.97. The first-order chi connectivity index (χ1) is 5.75. The number of hydrogen-bond acceptors (Lipinski definition) is 2. The largest absolute Gasteiger partial charge is 0.366 e. The second-order valence-electron chi connectivity index (χ2n) is 2.07. The molecule has 1 aromatic rings. The minimum Gasteiger partial charge on any atom is -0.366 e. The van der Waals surface area contributed by atoms with Gasteiger partial charge in [0.05, 0.1) is 5.69 Å². The van der Waals surface area contributed by atoms with Gasteiger partial charge in [0.25, 0.3) is 0 Å². The normalized spacial score (nSPS) is 8.00. The van der Waals surface area contributed by atoms with Crippen molar-refractivity contribution >= 4 is 24.0 Å². The molecule has 1 aromatic carbocycles. The Labute approximate surface area is 80.6 Å². The molecule has 0 saturated carbocycles. The summed E-state index contributed by atoms with van der Waals surface area (Å²) in [5, 5.41) is 3.31. The molecule has 0 bridgehead atoms. The highest BCUT2D eigenvalue weighted by atomic mass is 35.5. The van der Waals surface area contributed by atoms with Gasteiger partial charge in [-0.05, 0) is 11.6 Å². The van der Waals surface area contributed by atoms with Crippen molar-refractivity contribution in [3.63, 3.8) is 0 Å². The molecule has 1 rings (SSSR count). The first kappa shape index (κ1) is 11.3. The van der Waals surface area contributed by atoms with Crippen molar-refractivity contribution in [2.75, 3.05) is 0 Å². The third-order valence-electron chi connectivity index (χ3n) is 1.32. The molecule has 0 spiro atoms. The molecule has 0 fully saturated rings. The predicted molar refractivity (Wildman–Crippen MR) is 51.0 cm³/mol. The zero-order valence-corrected chi connectivity index (χ0v) is 7.36. The standard InChI is InChI=1S/C7H6N4O.ClH/c8-7(12)5-3-1-2-4-6(5)10-11-9;/h1-4H,(H2,8,12);1H. The van der Waals surface area contributed by atoms with E-state index in [2.05, 4.69) is 10.0 Å². The van der Waals surface area contributed by atoms with Crippen LogP contribution in [0.3, 0.4) is 0 Å². The van der Waals surface area contributed by atoms with Crippen molar-refractivity contribution < 1.29 is 4.79 Å². The lowest BCUT2D eigenvalue weighted by atomic mass is 10.2. The summed E-state index contributed by atoms with van der Waals surface area (Å²) >= 11 is 0. The van der Waals surface area contributed by atoms with Crippen molar-refractivity contribution in [2.24, 2.45) is 10.8 Å². The third-order valence-corrected chi connectivity index (χ3v) is 1.32. The fourth-order valence-corrected chi connectivity index (χ4v) is 0.817. The molecule has 0 aliphatic carbocycles. The van der Waals surface area contributed by atoms with E-state index in [1.54, 1.807) is 12.1 Å². The lowest BCUT2D eigenvalue weighted by Crippen LogP contribution is -2.10. The van der Waals surface area contributed by atoms with Crippen molar-refractivity contribution in [3.8, 4) is 0 Å². The van der Waals surface area contributed by atoms with Crippen molar-refractivity contribution in [3.05, 3.63) is 40.3 Å². The number of primary amides is 1. The summed E-state index contributed by atoms with van der Waals surface area (Å²) in [6, 6.07) is 6.35. The lowest BCUT2D eigenvalue weighted by Gasteiger charge is -1.97. The number of carbonyl (C=O) groups excluding carboxylic acids is 1. The number of halogens is 1. The summed E-state index contributed by atoms with van der Waals surface area (Å²) in [6.45, 7) is 0. The molecule has 0 radical (unpaired) electrons. The molecule has 0 saturated heterocycles. The highest BCUT2D eigenvalue weighted by Gasteiger charge is 2.03. The van der Waals surface area contributed by atoms with E-state index >= 15 is 0 Å². The molecule has 0 aliphatic heterocycles. The maximum Gasteiger partial charge on any atom is 0.249 e. The van der Waals surface area contributed by atoms with Crippen LogP contribution in [-0.2, 0) is 0 Å². The number of amides is 1. The van der Waals surface area contributed by atoms with Crippen LogP contribution >= 0.6 is 12.4 Å². The zero-order valence-electron chi connectivity index (χ0n) is 6.54. The number of nitrogens with two attached hydrogens (primary N) is 1. The van der Waals surface area contributed by atoms with Crippen LogP contribution in [-0.4, -0.2) is 5.91 Å². The topological polar surface area (TPSA) is 91.8 Å². The molecule has 68 valence electrons. The number of azide groups is 1. The Hall–Kier alpha value is -1.71. The van der Waals surface area contributed by atoms with Gasteiger partial charge in [-0.2, -0.15) is 0 Å². The summed E-state index contributed by atoms with van der Waals surface area (Å²) in [4.78, 5) is 13.3. The van der Waals surface area contributed by atoms with Gasteiger partial charge in [-0.25, -0.2) is 0 Å². The maximum absolute atomic E-state index is 10.7. The minimum atomic E-state index is -0.599. The van der Waals surface area contributed by atoms with Crippen LogP contribution in [0, 0.1) is 0 Å². The molecule has 0 atom stereocenters. The average molecular weight is 199 g/mol. The van der Waals surface area contributed by atoms with E-state index in [1.165, 1.54) is 12.1 Å². The Bertz CT molecular complexity index is 338. The van der Waals surface area contributed by atoms with E-state index in [4.69, 9.17) is 11.3 Å². The number of benzene rings is 1. The van der Waals surface area contributed by atoms with Crippen LogP contribution in [0.2, 0.25) is 0 Å². The molecular weight excluding hydrogens is 192 g/mol. The Kier molecular flexibility index (Phi) is 4.37. The molecule has 0 aromatic heterocycles. The highest BCUT2D eigenvalue weighted by Crippen LogP contribution is 2.17. The second kappa shape index (κ2) is 5.03.